The quantitative estimate of drug-likeness (QED) is 0.458. The molecule has 0 aliphatic rings. The van der Waals surface area contributed by atoms with Crippen LogP contribution < -0.4 is 0 Å². The molecule has 0 saturated carbocycles. The van der Waals surface area contributed by atoms with Gasteiger partial charge in [0.05, 0.1) is 11.5 Å². The molecule has 2 aromatic rings. The maximum atomic E-state index is 10.2. The van der Waals surface area contributed by atoms with Crippen molar-refractivity contribution < 1.29 is 0 Å². The van der Waals surface area contributed by atoms with E-state index in [-0.39, 0.29) is 5.92 Å². The molecule has 150 valence electrons. The van der Waals surface area contributed by atoms with Gasteiger partial charge in [-0.1, -0.05) is 80.9 Å². The molecule has 3 heteroatoms. The molecule has 0 N–H and O–H groups in total. The van der Waals surface area contributed by atoms with Crippen LogP contribution in [0, 0.1) is 17.2 Å². The zero-order valence-corrected chi connectivity index (χ0v) is 18.4. The first kappa shape index (κ1) is 22.5. The molecule has 28 heavy (non-hydrogen) atoms. The first-order valence-electron chi connectivity index (χ1n) is 10.3. The van der Waals surface area contributed by atoms with Crippen molar-refractivity contribution >= 4 is 11.6 Å². The normalized spacial score (nSPS) is 14.6. The molecule has 2 atom stereocenters. The van der Waals surface area contributed by atoms with Crippen LogP contribution in [0.1, 0.15) is 51.2 Å². The predicted molar refractivity (Wildman–Crippen MR) is 120 cm³/mol. The van der Waals surface area contributed by atoms with Crippen LogP contribution in [-0.4, -0.2) is 24.5 Å². The topological polar surface area (TPSA) is 27.0 Å². The van der Waals surface area contributed by atoms with Gasteiger partial charge < -0.3 is 4.90 Å². The van der Waals surface area contributed by atoms with Gasteiger partial charge in [0.15, 0.2) is 0 Å². The molecule has 0 radical (unpaired) electrons. The monoisotopic (exact) mass is 396 g/mol. The van der Waals surface area contributed by atoms with E-state index in [9.17, 15) is 5.26 Å². The van der Waals surface area contributed by atoms with Gasteiger partial charge in [-0.2, -0.15) is 5.26 Å². The Morgan fingerprint density at radius 2 is 1.71 bits per heavy atom. The number of hydrogen-bond donors (Lipinski definition) is 0. The number of rotatable bonds is 10. The minimum atomic E-state index is -0.550. The Bertz CT molecular complexity index is 766. The summed E-state index contributed by atoms with van der Waals surface area (Å²) in [7, 11) is 2.20. The molecule has 2 rings (SSSR count). The van der Waals surface area contributed by atoms with Gasteiger partial charge in [-0.25, -0.2) is 0 Å². The third kappa shape index (κ3) is 5.37. The molecule has 2 unspecified atom stereocenters. The molecule has 2 nitrogen and oxygen atoms in total. The Morgan fingerprint density at radius 1 is 1.07 bits per heavy atom. The molecule has 0 saturated heterocycles. The van der Waals surface area contributed by atoms with Crippen molar-refractivity contribution in [2.75, 3.05) is 13.6 Å². The standard InChI is InChI=1S/C25H33ClN2/c1-5-22(28(4)18-16-21-11-7-6-8-12-21)15-17-25(19-27,20(2)3)23-13-9-10-14-24(23)26/h6-14,20,22H,5,15-18H2,1-4H3. The highest BCUT2D eigenvalue weighted by Crippen LogP contribution is 2.40. The Balaban J connectivity index is 2.10. The van der Waals surface area contributed by atoms with E-state index < -0.39 is 5.41 Å². The molecule has 2 aromatic carbocycles. The molecule has 0 bridgehead atoms. The Kier molecular flexibility index (Phi) is 8.55. The summed E-state index contributed by atoms with van der Waals surface area (Å²) < 4.78 is 0. The summed E-state index contributed by atoms with van der Waals surface area (Å²) in [6.45, 7) is 7.53. The van der Waals surface area contributed by atoms with Gasteiger partial charge in [-0.3, -0.25) is 0 Å². The van der Waals surface area contributed by atoms with Gasteiger partial charge in [0, 0.05) is 17.6 Å². The lowest BCUT2D eigenvalue weighted by Crippen LogP contribution is -2.37. The van der Waals surface area contributed by atoms with Crippen molar-refractivity contribution in [3.63, 3.8) is 0 Å². The summed E-state index contributed by atoms with van der Waals surface area (Å²) in [5.41, 5.74) is 1.79. The van der Waals surface area contributed by atoms with Crippen LogP contribution in [0.5, 0.6) is 0 Å². The van der Waals surface area contributed by atoms with E-state index in [0.29, 0.717) is 11.1 Å². The summed E-state index contributed by atoms with van der Waals surface area (Å²) in [6, 6.07) is 21.6. The van der Waals surface area contributed by atoms with E-state index >= 15 is 0 Å². The van der Waals surface area contributed by atoms with Crippen LogP contribution in [-0.2, 0) is 11.8 Å². The maximum absolute atomic E-state index is 10.2. The second kappa shape index (κ2) is 10.6. The Hall–Kier alpha value is -1.82. The van der Waals surface area contributed by atoms with Crippen LogP contribution in [0.15, 0.2) is 54.6 Å². The highest BCUT2D eigenvalue weighted by Gasteiger charge is 2.38. The molecule has 0 fully saturated rings. The van der Waals surface area contributed by atoms with Gasteiger partial charge >= 0.3 is 0 Å². The summed E-state index contributed by atoms with van der Waals surface area (Å²) in [6.07, 6.45) is 3.93. The highest BCUT2D eigenvalue weighted by molar-refractivity contribution is 6.31. The summed E-state index contributed by atoms with van der Waals surface area (Å²) in [4.78, 5) is 2.45. The Labute approximate surface area is 176 Å². The van der Waals surface area contributed by atoms with Crippen molar-refractivity contribution in [1.29, 1.82) is 5.26 Å². The van der Waals surface area contributed by atoms with Gasteiger partial charge in [-0.05, 0) is 55.8 Å². The van der Waals surface area contributed by atoms with E-state index in [4.69, 9.17) is 11.6 Å². The van der Waals surface area contributed by atoms with Crippen LogP contribution in [0.4, 0.5) is 0 Å². The fourth-order valence-corrected chi connectivity index (χ4v) is 4.37. The lowest BCUT2D eigenvalue weighted by Gasteiger charge is -2.35. The number of nitriles is 1. The van der Waals surface area contributed by atoms with E-state index in [2.05, 4.69) is 69.1 Å². The molecular formula is C25H33ClN2. The minimum absolute atomic E-state index is 0.199. The van der Waals surface area contributed by atoms with Crippen LogP contribution in [0.2, 0.25) is 5.02 Å². The van der Waals surface area contributed by atoms with Crippen molar-refractivity contribution in [1.82, 2.24) is 4.90 Å². The van der Waals surface area contributed by atoms with E-state index in [1.54, 1.807) is 0 Å². The zero-order chi connectivity index (χ0) is 20.6. The van der Waals surface area contributed by atoms with Crippen LogP contribution in [0.25, 0.3) is 0 Å². The molecule has 0 aliphatic heterocycles. The smallest absolute Gasteiger partial charge is 0.0860 e. The Morgan fingerprint density at radius 3 is 2.29 bits per heavy atom. The van der Waals surface area contributed by atoms with Crippen molar-refractivity contribution in [3.8, 4) is 6.07 Å². The van der Waals surface area contributed by atoms with E-state index in [0.717, 1.165) is 37.8 Å². The lowest BCUT2D eigenvalue weighted by molar-refractivity contribution is 0.206. The van der Waals surface area contributed by atoms with Gasteiger partial charge in [-0.15, -0.1) is 0 Å². The lowest BCUT2D eigenvalue weighted by atomic mass is 9.69. The van der Waals surface area contributed by atoms with Crippen molar-refractivity contribution in [3.05, 3.63) is 70.7 Å². The van der Waals surface area contributed by atoms with Gasteiger partial charge in [0.2, 0.25) is 0 Å². The third-order valence-electron chi connectivity index (χ3n) is 6.10. The largest absolute Gasteiger partial charge is 0.303 e. The number of nitrogens with zero attached hydrogens (tertiary/aromatic N) is 2. The molecular weight excluding hydrogens is 364 g/mol. The van der Waals surface area contributed by atoms with Gasteiger partial charge in [0.1, 0.15) is 0 Å². The average molecular weight is 397 g/mol. The number of halogens is 1. The molecule has 0 heterocycles. The fourth-order valence-electron chi connectivity index (χ4n) is 4.07. The summed E-state index contributed by atoms with van der Waals surface area (Å²) >= 11 is 6.50. The highest BCUT2D eigenvalue weighted by atomic mass is 35.5. The number of benzene rings is 2. The summed E-state index contributed by atoms with van der Waals surface area (Å²) in [5, 5.41) is 10.9. The number of hydrogen-bond acceptors (Lipinski definition) is 2. The second-order valence-corrected chi connectivity index (χ2v) is 8.44. The third-order valence-corrected chi connectivity index (χ3v) is 6.43. The summed E-state index contributed by atoms with van der Waals surface area (Å²) in [5.74, 6) is 0.199. The first-order chi connectivity index (χ1) is 13.4. The molecule has 0 spiro atoms. The van der Waals surface area contributed by atoms with Crippen molar-refractivity contribution in [2.24, 2.45) is 5.92 Å². The zero-order valence-electron chi connectivity index (χ0n) is 17.7. The average Bonchev–Trinajstić information content (AvgIpc) is 2.71. The van der Waals surface area contributed by atoms with Crippen LogP contribution in [0.3, 0.4) is 0 Å². The van der Waals surface area contributed by atoms with Crippen LogP contribution >= 0.6 is 11.6 Å². The van der Waals surface area contributed by atoms with Crippen molar-refractivity contribution in [2.45, 2.75) is 57.9 Å². The first-order valence-corrected chi connectivity index (χ1v) is 10.7. The predicted octanol–water partition coefficient (Wildman–Crippen LogP) is 6.49. The van der Waals surface area contributed by atoms with E-state index in [1.807, 2.05) is 24.3 Å². The molecule has 0 aromatic heterocycles. The minimum Gasteiger partial charge on any atom is -0.303 e. The molecule has 0 aliphatic carbocycles. The second-order valence-electron chi connectivity index (χ2n) is 8.03. The SMILES string of the molecule is CCC(CCC(C#N)(c1ccccc1Cl)C(C)C)N(C)CCc1ccccc1. The fraction of sp³-hybridized carbons (Fsp3) is 0.480. The number of likely N-dealkylation sites (N-methyl/N-ethyl adjacent to an activating group) is 1. The van der Waals surface area contributed by atoms with Gasteiger partial charge in [0.25, 0.3) is 0 Å². The molecule has 0 amide bonds. The maximum Gasteiger partial charge on any atom is 0.0860 e. The van der Waals surface area contributed by atoms with E-state index in [1.165, 1.54) is 5.56 Å².